The standard InChI is InChI=1S/C13H12Cl2N2O3S/c1-20-6-9-5-12(21-7-13(18)19)17(16-9)11-3-2-8(14)4-10(11)15/h2-5H,6-7H2,1H3,(H,18,19). The van der Waals surface area contributed by atoms with E-state index in [9.17, 15) is 4.79 Å². The molecule has 112 valence electrons. The summed E-state index contributed by atoms with van der Waals surface area (Å²) in [4.78, 5) is 10.7. The van der Waals surface area contributed by atoms with Gasteiger partial charge in [0.2, 0.25) is 0 Å². The van der Waals surface area contributed by atoms with Gasteiger partial charge in [0.25, 0.3) is 0 Å². The smallest absolute Gasteiger partial charge is 0.313 e. The van der Waals surface area contributed by atoms with E-state index in [1.54, 1.807) is 36.1 Å². The molecule has 0 aliphatic heterocycles. The van der Waals surface area contributed by atoms with Gasteiger partial charge in [-0.2, -0.15) is 5.10 Å². The summed E-state index contributed by atoms with van der Waals surface area (Å²) < 4.78 is 6.65. The van der Waals surface area contributed by atoms with E-state index in [-0.39, 0.29) is 5.75 Å². The maximum absolute atomic E-state index is 10.7. The van der Waals surface area contributed by atoms with E-state index in [1.807, 2.05) is 0 Å². The van der Waals surface area contributed by atoms with Gasteiger partial charge in [-0.3, -0.25) is 4.79 Å². The Kier molecular flexibility index (Phi) is 5.52. The highest BCUT2D eigenvalue weighted by atomic mass is 35.5. The zero-order valence-corrected chi connectivity index (χ0v) is 13.4. The van der Waals surface area contributed by atoms with E-state index in [1.165, 1.54) is 0 Å². The number of nitrogens with zero attached hydrogens (tertiary/aromatic N) is 2. The molecule has 1 N–H and O–H groups in total. The second-order valence-electron chi connectivity index (χ2n) is 4.10. The molecule has 0 saturated carbocycles. The number of thioether (sulfide) groups is 1. The van der Waals surface area contributed by atoms with Crippen LogP contribution in [0, 0.1) is 0 Å². The molecular weight excluding hydrogens is 335 g/mol. The van der Waals surface area contributed by atoms with Crippen molar-refractivity contribution in [2.24, 2.45) is 0 Å². The van der Waals surface area contributed by atoms with Gasteiger partial charge in [0.05, 0.1) is 28.8 Å². The van der Waals surface area contributed by atoms with Gasteiger partial charge in [-0.05, 0) is 24.3 Å². The molecule has 0 bridgehead atoms. The fourth-order valence-corrected chi connectivity index (χ4v) is 2.93. The number of hydrogen-bond acceptors (Lipinski definition) is 4. The molecule has 21 heavy (non-hydrogen) atoms. The zero-order valence-electron chi connectivity index (χ0n) is 11.0. The number of methoxy groups -OCH3 is 1. The molecule has 0 amide bonds. The number of carboxylic acid groups (broad SMARTS) is 1. The monoisotopic (exact) mass is 346 g/mol. The minimum absolute atomic E-state index is 0.0661. The first-order chi connectivity index (χ1) is 10.0. The number of aromatic nitrogens is 2. The lowest BCUT2D eigenvalue weighted by Gasteiger charge is -2.08. The van der Waals surface area contributed by atoms with E-state index < -0.39 is 5.97 Å². The number of carbonyl (C=O) groups is 1. The quantitative estimate of drug-likeness (QED) is 0.811. The summed E-state index contributed by atoms with van der Waals surface area (Å²) in [6.45, 7) is 0.332. The number of hydrogen-bond donors (Lipinski definition) is 1. The molecule has 0 aliphatic carbocycles. The van der Waals surface area contributed by atoms with Crippen molar-refractivity contribution < 1.29 is 14.6 Å². The highest BCUT2D eigenvalue weighted by Crippen LogP contribution is 2.29. The van der Waals surface area contributed by atoms with Crippen LogP contribution in [0.1, 0.15) is 5.69 Å². The Bertz CT molecular complexity index is 661. The summed E-state index contributed by atoms with van der Waals surface area (Å²) in [5.41, 5.74) is 1.33. The van der Waals surface area contributed by atoms with Gasteiger partial charge in [0, 0.05) is 12.1 Å². The van der Waals surface area contributed by atoms with Crippen LogP contribution in [0.15, 0.2) is 29.3 Å². The maximum atomic E-state index is 10.7. The Morgan fingerprint density at radius 2 is 2.19 bits per heavy atom. The molecule has 8 heteroatoms. The van der Waals surface area contributed by atoms with E-state index in [0.29, 0.717) is 33.1 Å². The summed E-state index contributed by atoms with van der Waals surface area (Å²) in [5.74, 6) is -0.966. The number of benzene rings is 1. The van der Waals surface area contributed by atoms with E-state index in [2.05, 4.69) is 5.10 Å². The van der Waals surface area contributed by atoms with Gasteiger partial charge in [-0.1, -0.05) is 35.0 Å². The van der Waals surface area contributed by atoms with Crippen molar-refractivity contribution in [1.82, 2.24) is 9.78 Å². The van der Waals surface area contributed by atoms with Crippen molar-refractivity contribution in [3.8, 4) is 5.69 Å². The number of carboxylic acids is 1. The van der Waals surface area contributed by atoms with Gasteiger partial charge in [-0.15, -0.1) is 0 Å². The van der Waals surface area contributed by atoms with E-state index >= 15 is 0 Å². The van der Waals surface area contributed by atoms with Gasteiger partial charge < -0.3 is 9.84 Å². The van der Waals surface area contributed by atoms with Crippen molar-refractivity contribution in [2.45, 2.75) is 11.6 Å². The lowest BCUT2D eigenvalue weighted by atomic mass is 10.3. The van der Waals surface area contributed by atoms with Crippen LogP contribution >= 0.6 is 35.0 Å². The minimum Gasteiger partial charge on any atom is -0.481 e. The molecule has 0 atom stereocenters. The third-order valence-corrected chi connectivity index (χ3v) is 4.02. The van der Waals surface area contributed by atoms with E-state index in [0.717, 1.165) is 11.8 Å². The Morgan fingerprint density at radius 3 is 2.81 bits per heavy atom. The van der Waals surface area contributed by atoms with Gasteiger partial charge in [-0.25, -0.2) is 4.68 Å². The molecule has 0 fully saturated rings. The van der Waals surface area contributed by atoms with Crippen LogP contribution in [-0.2, 0) is 16.1 Å². The topological polar surface area (TPSA) is 64.3 Å². The second kappa shape index (κ2) is 7.17. The van der Waals surface area contributed by atoms with Crippen LogP contribution in [0.5, 0.6) is 0 Å². The normalized spacial score (nSPS) is 10.8. The van der Waals surface area contributed by atoms with Gasteiger partial charge in [0.15, 0.2) is 0 Å². The Hall–Kier alpha value is -1.21. The third kappa shape index (κ3) is 4.14. The summed E-state index contributed by atoms with van der Waals surface area (Å²) in [7, 11) is 1.57. The average molecular weight is 347 g/mol. The molecule has 2 rings (SSSR count). The molecule has 0 radical (unpaired) electrons. The number of rotatable bonds is 6. The third-order valence-electron chi connectivity index (χ3n) is 2.50. The molecular formula is C13H12Cl2N2O3S. The van der Waals surface area contributed by atoms with Crippen molar-refractivity contribution in [3.63, 3.8) is 0 Å². The summed E-state index contributed by atoms with van der Waals surface area (Å²) in [6.07, 6.45) is 0. The molecule has 2 aromatic rings. The van der Waals surface area contributed by atoms with Gasteiger partial charge in [0.1, 0.15) is 5.03 Å². The highest BCUT2D eigenvalue weighted by molar-refractivity contribution is 7.99. The largest absolute Gasteiger partial charge is 0.481 e. The number of aliphatic carboxylic acids is 1. The first-order valence-corrected chi connectivity index (χ1v) is 7.63. The van der Waals surface area contributed by atoms with Crippen molar-refractivity contribution in [2.75, 3.05) is 12.9 Å². The Morgan fingerprint density at radius 1 is 1.43 bits per heavy atom. The molecule has 1 heterocycles. The average Bonchev–Trinajstić information content (AvgIpc) is 2.79. The highest BCUT2D eigenvalue weighted by Gasteiger charge is 2.14. The molecule has 5 nitrogen and oxygen atoms in total. The molecule has 0 saturated heterocycles. The molecule has 0 spiro atoms. The molecule has 1 aromatic carbocycles. The van der Waals surface area contributed by atoms with Crippen molar-refractivity contribution in [1.29, 1.82) is 0 Å². The van der Waals surface area contributed by atoms with Crippen LogP contribution in [0.3, 0.4) is 0 Å². The second-order valence-corrected chi connectivity index (χ2v) is 5.94. The fourth-order valence-electron chi connectivity index (χ4n) is 1.69. The first-order valence-electron chi connectivity index (χ1n) is 5.89. The summed E-state index contributed by atoms with van der Waals surface area (Å²) in [5, 5.41) is 14.8. The van der Waals surface area contributed by atoms with E-state index in [4.69, 9.17) is 33.0 Å². The number of halogens is 2. The van der Waals surface area contributed by atoms with Gasteiger partial charge >= 0.3 is 5.97 Å². The fraction of sp³-hybridized carbons (Fsp3) is 0.231. The summed E-state index contributed by atoms with van der Waals surface area (Å²) in [6, 6.07) is 6.83. The molecule has 0 aliphatic rings. The Balaban J connectivity index is 2.41. The zero-order chi connectivity index (χ0) is 15.4. The number of ether oxygens (including phenoxy) is 1. The van der Waals surface area contributed by atoms with Crippen LogP contribution in [0.4, 0.5) is 0 Å². The predicted octanol–water partition coefficient (Wildman–Crippen LogP) is 3.50. The minimum atomic E-state index is -0.900. The molecule has 1 aromatic heterocycles. The predicted molar refractivity (Wildman–Crippen MR) is 82.7 cm³/mol. The first kappa shape index (κ1) is 16.2. The SMILES string of the molecule is COCc1cc(SCC(=O)O)n(-c2ccc(Cl)cc2Cl)n1. The lowest BCUT2D eigenvalue weighted by molar-refractivity contribution is -0.133. The van der Waals surface area contributed by atoms with Crippen molar-refractivity contribution in [3.05, 3.63) is 40.0 Å². The van der Waals surface area contributed by atoms with Crippen molar-refractivity contribution >= 4 is 40.9 Å². The van der Waals surface area contributed by atoms with Crippen LogP contribution in [-0.4, -0.2) is 33.7 Å². The Labute approximate surface area is 135 Å². The summed E-state index contributed by atoms with van der Waals surface area (Å²) >= 11 is 13.2. The van der Waals surface area contributed by atoms with Crippen LogP contribution < -0.4 is 0 Å². The maximum Gasteiger partial charge on any atom is 0.313 e. The lowest BCUT2D eigenvalue weighted by Crippen LogP contribution is -2.03. The van der Waals surface area contributed by atoms with Crippen LogP contribution in [0.2, 0.25) is 10.0 Å². The van der Waals surface area contributed by atoms with Crippen LogP contribution in [0.25, 0.3) is 5.69 Å². The molecule has 0 unspecified atom stereocenters.